The predicted molar refractivity (Wildman–Crippen MR) is 68.1 cm³/mol. The number of nitrogens with one attached hydrogen (secondary N) is 1. The molecule has 3 N–H and O–H groups in total. The van der Waals surface area contributed by atoms with Crippen molar-refractivity contribution >= 4 is 15.7 Å². The van der Waals surface area contributed by atoms with Crippen molar-refractivity contribution in [1.29, 1.82) is 0 Å². The van der Waals surface area contributed by atoms with Gasteiger partial charge in [0.05, 0.1) is 6.33 Å². The van der Waals surface area contributed by atoms with E-state index >= 15 is 0 Å². The van der Waals surface area contributed by atoms with E-state index in [-0.39, 0.29) is 11.6 Å². The monoisotopic (exact) mass is 266 g/mol. The van der Waals surface area contributed by atoms with Gasteiger partial charge < -0.3 is 10.3 Å². The number of nitrogens with two attached hydrogens (primary N) is 1. The maximum atomic E-state index is 11.9. The molecule has 7 heteroatoms. The predicted octanol–water partition coefficient (Wildman–Crippen LogP) is 0.481. The van der Waals surface area contributed by atoms with Gasteiger partial charge in [0, 0.05) is 25.5 Å². The Balaban J connectivity index is 2.13. The van der Waals surface area contributed by atoms with E-state index < -0.39 is 10.0 Å². The van der Waals surface area contributed by atoms with Crippen LogP contribution in [0, 0.1) is 0 Å². The van der Waals surface area contributed by atoms with Crippen LogP contribution in [0.5, 0.6) is 0 Å². The van der Waals surface area contributed by atoms with Crippen molar-refractivity contribution in [3.63, 3.8) is 0 Å². The maximum absolute atomic E-state index is 11.9. The molecule has 0 amide bonds. The number of nitrogen functional groups attached to an aromatic ring is 1. The largest absolute Gasteiger partial charge is 0.398 e. The van der Waals surface area contributed by atoms with Crippen LogP contribution in [0.2, 0.25) is 0 Å². The standard InChI is InChI=1S/C11H14N4O2S/c1-15-7-11(13-8-15)18(16,17)14-6-9-4-2-3-5-10(9)12/h2-5,7-8,14H,6,12H2,1H3. The molecule has 0 saturated heterocycles. The van der Waals surface area contributed by atoms with E-state index in [1.807, 2.05) is 0 Å². The zero-order valence-electron chi connectivity index (χ0n) is 9.87. The fraction of sp³-hybridized carbons (Fsp3) is 0.182. The normalized spacial score (nSPS) is 11.6. The molecule has 6 nitrogen and oxygen atoms in total. The third kappa shape index (κ3) is 2.69. The van der Waals surface area contributed by atoms with Gasteiger partial charge in [-0.2, -0.15) is 0 Å². The SMILES string of the molecule is Cn1cnc(S(=O)(=O)NCc2ccccc2N)c1. The number of para-hydroxylation sites is 1. The molecule has 0 aliphatic carbocycles. The Bertz CT molecular complexity index is 649. The summed E-state index contributed by atoms with van der Waals surface area (Å²) in [6.45, 7) is 0.144. The molecule has 1 aromatic heterocycles. The van der Waals surface area contributed by atoms with E-state index in [4.69, 9.17) is 5.73 Å². The second-order valence-electron chi connectivity index (χ2n) is 3.90. The van der Waals surface area contributed by atoms with E-state index in [2.05, 4.69) is 9.71 Å². The van der Waals surface area contributed by atoms with Crippen molar-refractivity contribution in [2.45, 2.75) is 11.6 Å². The minimum Gasteiger partial charge on any atom is -0.398 e. The number of anilines is 1. The lowest BCUT2D eigenvalue weighted by Crippen LogP contribution is -2.24. The first-order valence-corrected chi connectivity index (χ1v) is 6.78. The number of sulfonamides is 1. The Labute approximate surface area is 106 Å². The molecule has 1 aromatic carbocycles. The van der Waals surface area contributed by atoms with Crippen molar-refractivity contribution in [3.05, 3.63) is 42.4 Å². The van der Waals surface area contributed by atoms with Crippen molar-refractivity contribution in [1.82, 2.24) is 14.3 Å². The number of hydrogen-bond acceptors (Lipinski definition) is 4. The first-order chi connectivity index (χ1) is 8.49. The van der Waals surface area contributed by atoms with Crippen molar-refractivity contribution in [2.75, 3.05) is 5.73 Å². The van der Waals surface area contributed by atoms with E-state index in [1.54, 1.807) is 35.9 Å². The third-order valence-electron chi connectivity index (χ3n) is 2.46. The van der Waals surface area contributed by atoms with Crippen molar-refractivity contribution in [3.8, 4) is 0 Å². The van der Waals surface area contributed by atoms with Gasteiger partial charge in [0.2, 0.25) is 0 Å². The zero-order chi connectivity index (χ0) is 13.2. The van der Waals surface area contributed by atoms with Crippen LogP contribution in [0.25, 0.3) is 0 Å². The molecule has 1 heterocycles. The lowest BCUT2D eigenvalue weighted by Gasteiger charge is -2.06. The molecule has 2 rings (SSSR count). The summed E-state index contributed by atoms with van der Waals surface area (Å²) in [5.41, 5.74) is 7.03. The zero-order valence-corrected chi connectivity index (χ0v) is 10.7. The summed E-state index contributed by atoms with van der Waals surface area (Å²) in [5, 5.41) is -0.000461. The average Bonchev–Trinajstić information content (AvgIpc) is 2.76. The Kier molecular flexibility index (Phi) is 3.35. The van der Waals surface area contributed by atoms with E-state index in [1.165, 1.54) is 12.5 Å². The Morgan fingerprint density at radius 3 is 2.72 bits per heavy atom. The van der Waals surface area contributed by atoms with Gasteiger partial charge in [-0.15, -0.1) is 0 Å². The van der Waals surface area contributed by atoms with Gasteiger partial charge in [-0.05, 0) is 11.6 Å². The van der Waals surface area contributed by atoms with E-state index in [9.17, 15) is 8.42 Å². The summed E-state index contributed by atoms with van der Waals surface area (Å²) >= 11 is 0. The van der Waals surface area contributed by atoms with Crippen molar-refractivity contribution in [2.24, 2.45) is 7.05 Å². The van der Waals surface area contributed by atoms with Gasteiger partial charge in [-0.25, -0.2) is 18.1 Å². The summed E-state index contributed by atoms with van der Waals surface area (Å²) in [6.07, 6.45) is 2.88. The molecular formula is C11H14N4O2S. The third-order valence-corrected chi connectivity index (χ3v) is 3.75. The summed E-state index contributed by atoms with van der Waals surface area (Å²) in [4.78, 5) is 3.80. The molecule has 0 bridgehead atoms. The summed E-state index contributed by atoms with van der Waals surface area (Å²) in [7, 11) is -1.88. The number of rotatable bonds is 4. The van der Waals surface area contributed by atoms with Gasteiger partial charge in [-0.3, -0.25) is 0 Å². The number of benzene rings is 1. The highest BCUT2D eigenvalue weighted by atomic mass is 32.2. The summed E-state index contributed by atoms with van der Waals surface area (Å²) in [6, 6.07) is 7.10. The molecule has 0 spiro atoms. The van der Waals surface area contributed by atoms with Gasteiger partial charge >= 0.3 is 0 Å². The molecule has 0 fully saturated rings. The Morgan fingerprint density at radius 1 is 1.39 bits per heavy atom. The topological polar surface area (TPSA) is 90.0 Å². The quantitative estimate of drug-likeness (QED) is 0.788. The van der Waals surface area contributed by atoms with Crippen LogP contribution in [-0.2, 0) is 23.6 Å². The molecule has 18 heavy (non-hydrogen) atoms. The van der Waals surface area contributed by atoms with Crippen LogP contribution in [0.15, 0.2) is 41.8 Å². The highest BCUT2D eigenvalue weighted by Gasteiger charge is 2.16. The van der Waals surface area contributed by atoms with Gasteiger partial charge in [0.15, 0.2) is 5.03 Å². The van der Waals surface area contributed by atoms with Crippen molar-refractivity contribution < 1.29 is 8.42 Å². The van der Waals surface area contributed by atoms with Crippen LogP contribution in [0.3, 0.4) is 0 Å². The molecular weight excluding hydrogens is 252 g/mol. The molecule has 0 saturated carbocycles. The molecule has 0 radical (unpaired) electrons. The number of imidazole rings is 1. The fourth-order valence-corrected chi connectivity index (χ4v) is 2.45. The number of aromatic nitrogens is 2. The van der Waals surface area contributed by atoms with Crippen LogP contribution < -0.4 is 10.5 Å². The number of hydrogen-bond donors (Lipinski definition) is 2. The second kappa shape index (κ2) is 4.79. The van der Waals surface area contributed by atoms with Crippen LogP contribution in [0.1, 0.15) is 5.56 Å². The highest BCUT2D eigenvalue weighted by molar-refractivity contribution is 7.89. The first-order valence-electron chi connectivity index (χ1n) is 5.30. The Morgan fingerprint density at radius 2 is 2.11 bits per heavy atom. The van der Waals surface area contributed by atoms with Gasteiger partial charge in [0.1, 0.15) is 0 Å². The van der Waals surface area contributed by atoms with Gasteiger partial charge in [0.25, 0.3) is 10.0 Å². The maximum Gasteiger partial charge on any atom is 0.259 e. The first kappa shape index (κ1) is 12.6. The fourth-order valence-electron chi connectivity index (χ4n) is 1.47. The molecule has 0 unspecified atom stereocenters. The van der Waals surface area contributed by atoms with Crippen LogP contribution in [0.4, 0.5) is 5.69 Å². The number of aryl methyl sites for hydroxylation is 1. The average molecular weight is 266 g/mol. The van der Waals surface area contributed by atoms with Crippen LogP contribution >= 0.6 is 0 Å². The van der Waals surface area contributed by atoms with Gasteiger partial charge in [-0.1, -0.05) is 18.2 Å². The van der Waals surface area contributed by atoms with E-state index in [0.717, 1.165) is 5.56 Å². The lowest BCUT2D eigenvalue weighted by atomic mass is 10.2. The molecule has 0 aliphatic heterocycles. The molecule has 96 valence electrons. The molecule has 0 aliphatic rings. The second-order valence-corrected chi connectivity index (χ2v) is 5.61. The summed E-state index contributed by atoms with van der Waals surface area (Å²) < 4.78 is 27.8. The molecule has 2 aromatic rings. The molecule has 0 atom stereocenters. The van der Waals surface area contributed by atoms with Crippen LogP contribution in [-0.4, -0.2) is 18.0 Å². The Hall–Kier alpha value is -1.86. The summed E-state index contributed by atoms with van der Waals surface area (Å²) in [5.74, 6) is 0. The minimum absolute atomic E-state index is 0.000461. The minimum atomic E-state index is -3.59. The number of nitrogens with zero attached hydrogens (tertiary/aromatic N) is 2. The lowest BCUT2D eigenvalue weighted by molar-refractivity contribution is 0.578. The van der Waals surface area contributed by atoms with E-state index in [0.29, 0.717) is 5.69 Å². The highest BCUT2D eigenvalue weighted by Crippen LogP contribution is 2.11. The smallest absolute Gasteiger partial charge is 0.259 e.